The summed E-state index contributed by atoms with van der Waals surface area (Å²) in [5, 5.41) is 5.58. The van der Waals surface area contributed by atoms with Gasteiger partial charge in [0.2, 0.25) is 0 Å². The van der Waals surface area contributed by atoms with Crippen LogP contribution in [0.3, 0.4) is 0 Å². The quantitative estimate of drug-likeness (QED) is 0.810. The molecule has 27 heavy (non-hydrogen) atoms. The lowest BCUT2D eigenvalue weighted by molar-refractivity contribution is 0.0635. The van der Waals surface area contributed by atoms with Crippen molar-refractivity contribution in [2.24, 2.45) is 0 Å². The zero-order valence-electron chi connectivity index (χ0n) is 16.3. The van der Waals surface area contributed by atoms with Crippen molar-refractivity contribution in [3.63, 3.8) is 0 Å². The molecule has 144 valence electrons. The standard InChI is InChI=1S/C21H26N2O4/c1-14(17-8-6-7-9-18(17)26-5)22-19(24)15-10-12-16(13-11-15)23-20(25)27-21(2,3)4/h6-14H,1-5H3,(H,22,24)(H,23,25). The van der Waals surface area contributed by atoms with Crippen LogP contribution in [0.2, 0.25) is 0 Å². The molecular formula is C21H26N2O4. The van der Waals surface area contributed by atoms with Crippen molar-refractivity contribution >= 4 is 17.7 Å². The Morgan fingerprint density at radius 2 is 1.63 bits per heavy atom. The van der Waals surface area contributed by atoms with E-state index >= 15 is 0 Å². The van der Waals surface area contributed by atoms with Gasteiger partial charge in [0.1, 0.15) is 11.4 Å². The largest absolute Gasteiger partial charge is 0.496 e. The van der Waals surface area contributed by atoms with Gasteiger partial charge in [-0.1, -0.05) is 18.2 Å². The van der Waals surface area contributed by atoms with Crippen molar-refractivity contribution < 1.29 is 19.1 Å². The van der Waals surface area contributed by atoms with E-state index in [0.717, 1.165) is 11.3 Å². The highest BCUT2D eigenvalue weighted by Gasteiger charge is 2.17. The normalized spacial score (nSPS) is 12.0. The molecule has 0 saturated carbocycles. The van der Waals surface area contributed by atoms with Crippen LogP contribution in [0.5, 0.6) is 5.75 Å². The third-order valence-electron chi connectivity index (χ3n) is 3.75. The molecule has 0 spiro atoms. The van der Waals surface area contributed by atoms with Gasteiger partial charge in [0.15, 0.2) is 0 Å². The first kappa shape index (κ1) is 20.3. The minimum Gasteiger partial charge on any atom is -0.496 e. The predicted octanol–water partition coefficient (Wildman–Crippen LogP) is 4.53. The van der Waals surface area contributed by atoms with Crippen LogP contribution in [0.1, 0.15) is 49.7 Å². The fourth-order valence-corrected chi connectivity index (χ4v) is 2.51. The lowest BCUT2D eigenvalue weighted by atomic mass is 10.1. The van der Waals surface area contributed by atoms with Crippen LogP contribution < -0.4 is 15.4 Å². The minimum absolute atomic E-state index is 0.211. The fraction of sp³-hybridized carbons (Fsp3) is 0.333. The number of benzene rings is 2. The molecule has 1 unspecified atom stereocenters. The second-order valence-electron chi connectivity index (χ2n) is 7.14. The van der Waals surface area contributed by atoms with Crippen LogP contribution in [0.4, 0.5) is 10.5 Å². The van der Waals surface area contributed by atoms with E-state index in [9.17, 15) is 9.59 Å². The molecule has 0 saturated heterocycles. The molecular weight excluding hydrogens is 344 g/mol. The maximum atomic E-state index is 12.5. The van der Waals surface area contributed by atoms with Crippen molar-refractivity contribution in [1.82, 2.24) is 5.32 Å². The van der Waals surface area contributed by atoms with Crippen molar-refractivity contribution in [1.29, 1.82) is 0 Å². The molecule has 0 aliphatic rings. The summed E-state index contributed by atoms with van der Waals surface area (Å²) < 4.78 is 10.5. The molecule has 2 aromatic carbocycles. The highest BCUT2D eigenvalue weighted by Crippen LogP contribution is 2.24. The summed E-state index contributed by atoms with van der Waals surface area (Å²) in [5.41, 5.74) is 1.38. The van der Waals surface area contributed by atoms with Gasteiger partial charge in [0, 0.05) is 16.8 Å². The number of carbonyl (C=O) groups is 2. The first-order valence-electron chi connectivity index (χ1n) is 8.73. The number of methoxy groups -OCH3 is 1. The summed E-state index contributed by atoms with van der Waals surface area (Å²) in [5.74, 6) is 0.513. The van der Waals surface area contributed by atoms with Crippen LogP contribution in [-0.4, -0.2) is 24.7 Å². The second kappa shape index (κ2) is 8.58. The predicted molar refractivity (Wildman–Crippen MR) is 105 cm³/mol. The van der Waals surface area contributed by atoms with E-state index in [-0.39, 0.29) is 11.9 Å². The number of rotatable bonds is 5. The molecule has 2 rings (SSSR count). The molecule has 0 bridgehead atoms. The maximum Gasteiger partial charge on any atom is 0.412 e. The van der Waals surface area contributed by atoms with Gasteiger partial charge in [-0.15, -0.1) is 0 Å². The van der Waals surface area contributed by atoms with Crippen LogP contribution >= 0.6 is 0 Å². The third-order valence-corrected chi connectivity index (χ3v) is 3.75. The van der Waals surface area contributed by atoms with Crippen LogP contribution in [0, 0.1) is 0 Å². The smallest absolute Gasteiger partial charge is 0.412 e. The van der Waals surface area contributed by atoms with Gasteiger partial charge in [-0.05, 0) is 58.0 Å². The molecule has 0 fully saturated rings. The molecule has 0 aromatic heterocycles. The number of ether oxygens (including phenoxy) is 2. The van der Waals surface area contributed by atoms with E-state index in [1.54, 1.807) is 52.1 Å². The number of hydrogen-bond donors (Lipinski definition) is 2. The summed E-state index contributed by atoms with van der Waals surface area (Å²) >= 11 is 0. The number of para-hydroxylation sites is 1. The van der Waals surface area contributed by atoms with Gasteiger partial charge < -0.3 is 14.8 Å². The molecule has 0 aliphatic carbocycles. The molecule has 2 amide bonds. The Morgan fingerprint density at radius 3 is 2.22 bits per heavy atom. The Balaban J connectivity index is 2.00. The number of amides is 2. The first-order chi connectivity index (χ1) is 12.7. The van der Waals surface area contributed by atoms with Gasteiger partial charge in [-0.2, -0.15) is 0 Å². The lowest BCUT2D eigenvalue weighted by Crippen LogP contribution is -2.27. The first-order valence-corrected chi connectivity index (χ1v) is 8.73. The van der Waals surface area contributed by atoms with E-state index in [1.165, 1.54) is 0 Å². The van der Waals surface area contributed by atoms with Gasteiger partial charge in [-0.25, -0.2) is 4.79 Å². The van der Waals surface area contributed by atoms with Gasteiger partial charge in [0.05, 0.1) is 13.2 Å². The van der Waals surface area contributed by atoms with Crippen LogP contribution in [0.25, 0.3) is 0 Å². The third kappa shape index (κ3) is 6.02. The van der Waals surface area contributed by atoms with Crippen molar-refractivity contribution in [3.05, 3.63) is 59.7 Å². The Labute approximate surface area is 159 Å². The Bertz CT molecular complexity index is 795. The van der Waals surface area contributed by atoms with E-state index in [0.29, 0.717) is 11.3 Å². The van der Waals surface area contributed by atoms with E-state index in [2.05, 4.69) is 10.6 Å². The molecule has 0 radical (unpaired) electrons. The summed E-state index contributed by atoms with van der Waals surface area (Å²) in [6.07, 6.45) is -0.538. The van der Waals surface area contributed by atoms with Crippen LogP contribution in [0.15, 0.2) is 48.5 Å². The number of nitrogens with one attached hydrogen (secondary N) is 2. The second-order valence-corrected chi connectivity index (χ2v) is 7.14. The number of carbonyl (C=O) groups excluding carboxylic acids is 2. The van der Waals surface area contributed by atoms with E-state index < -0.39 is 11.7 Å². The zero-order chi connectivity index (χ0) is 20.0. The molecule has 6 nitrogen and oxygen atoms in total. The van der Waals surface area contributed by atoms with Crippen molar-refractivity contribution in [3.8, 4) is 5.75 Å². The monoisotopic (exact) mass is 370 g/mol. The van der Waals surface area contributed by atoms with Crippen LogP contribution in [-0.2, 0) is 4.74 Å². The lowest BCUT2D eigenvalue weighted by Gasteiger charge is -2.19. The van der Waals surface area contributed by atoms with Crippen molar-refractivity contribution in [2.75, 3.05) is 12.4 Å². The van der Waals surface area contributed by atoms with E-state index in [4.69, 9.17) is 9.47 Å². The number of anilines is 1. The van der Waals surface area contributed by atoms with Gasteiger partial charge >= 0.3 is 6.09 Å². The average Bonchev–Trinajstić information content (AvgIpc) is 2.60. The molecule has 2 aromatic rings. The summed E-state index contributed by atoms with van der Waals surface area (Å²) in [4.78, 5) is 24.3. The summed E-state index contributed by atoms with van der Waals surface area (Å²) in [7, 11) is 1.60. The fourth-order valence-electron chi connectivity index (χ4n) is 2.51. The summed E-state index contributed by atoms with van der Waals surface area (Å²) in [6.45, 7) is 7.28. The molecule has 0 heterocycles. The highest BCUT2D eigenvalue weighted by molar-refractivity contribution is 5.95. The van der Waals surface area contributed by atoms with Crippen molar-refractivity contribution in [2.45, 2.75) is 39.3 Å². The highest BCUT2D eigenvalue weighted by atomic mass is 16.6. The molecule has 6 heteroatoms. The Kier molecular flexibility index (Phi) is 6.45. The minimum atomic E-state index is -0.571. The van der Waals surface area contributed by atoms with E-state index in [1.807, 2.05) is 31.2 Å². The SMILES string of the molecule is COc1ccccc1C(C)NC(=O)c1ccc(NC(=O)OC(C)(C)C)cc1. The van der Waals surface area contributed by atoms with Gasteiger partial charge in [-0.3, -0.25) is 10.1 Å². The number of hydrogen-bond acceptors (Lipinski definition) is 4. The Morgan fingerprint density at radius 1 is 1.00 bits per heavy atom. The van der Waals surface area contributed by atoms with Gasteiger partial charge in [0.25, 0.3) is 5.91 Å². The maximum absolute atomic E-state index is 12.5. The molecule has 1 atom stereocenters. The topological polar surface area (TPSA) is 76.7 Å². The summed E-state index contributed by atoms with van der Waals surface area (Å²) in [6, 6.07) is 14.0. The molecule has 0 aliphatic heterocycles. The zero-order valence-corrected chi connectivity index (χ0v) is 16.3. The Hall–Kier alpha value is -3.02. The average molecular weight is 370 g/mol. The molecule has 2 N–H and O–H groups in total.